The molecule has 0 radical (unpaired) electrons. The highest BCUT2D eigenvalue weighted by molar-refractivity contribution is 5.96. The SMILES string of the molecule is O=C(OCC1CO1)c1ccc2cc(OCCCCOc3ccc4cc(C(=O)OCC5CO5)ccc4c3)ccc2c1. The fourth-order valence-electron chi connectivity index (χ4n) is 4.30. The van der Waals surface area contributed by atoms with Gasteiger partial charge in [-0.2, -0.15) is 0 Å². The van der Waals surface area contributed by atoms with Gasteiger partial charge in [-0.1, -0.05) is 24.3 Å². The van der Waals surface area contributed by atoms with E-state index in [9.17, 15) is 9.59 Å². The van der Waals surface area contributed by atoms with Crippen LogP contribution >= 0.6 is 0 Å². The highest BCUT2D eigenvalue weighted by Gasteiger charge is 2.25. The van der Waals surface area contributed by atoms with Crippen LogP contribution in [0.4, 0.5) is 0 Å². The van der Waals surface area contributed by atoms with E-state index in [1.54, 1.807) is 12.1 Å². The summed E-state index contributed by atoms with van der Waals surface area (Å²) in [6.45, 7) is 3.07. The van der Waals surface area contributed by atoms with E-state index in [1.165, 1.54) is 0 Å². The van der Waals surface area contributed by atoms with Crippen LogP contribution in [0.25, 0.3) is 21.5 Å². The molecule has 2 aliphatic heterocycles. The maximum Gasteiger partial charge on any atom is 0.338 e. The first-order valence-corrected chi connectivity index (χ1v) is 13.5. The molecule has 8 heteroatoms. The summed E-state index contributed by atoms with van der Waals surface area (Å²) < 4.78 is 32.5. The topological polar surface area (TPSA) is 96.1 Å². The summed E-state index contributed by atoms with van der Waals surface area (Å²) in [4.78, 5) is 24.4. The predicted molar refractivity (Wildman–Crippen MR) is 148 cm³/mol. The molecule has 0 spiro atoms. The quantitative estimate of drug-likeness (QED) is 0.127. The fourth-order valence-corrected chi connectivity index (χ4v) is 4.30. The molecule has 0 aliphatic carbocycles. The lowest BCUT2D eigenvalue weighted by Gasteiger charge is -2.10. The van der Waals surface area contributed by atoms with E-state index in [0.717, 1.165) is 45.9 Å². The summed E-state index contributed by atoms with van der Waals surface area (Å²) in [6.07, 6.45) is 1.80. The predicted octanol–water partition coefficient (Wildman–Crippen LogP) is 5.34. The maximum atomic E-state index is 12.2. The van der Waals surface area contributed by atoms with E-state index in [1.807, 2.05) is 60.7 Å². The number of unbranched alkanes of at least 4 members (excludes halogenated alkanes) is 1. The molecule has 2 aliphatic rings. The third kappa shape index (κ3) is 6.89. The molecule has 0 bridgehead atoms. The molecule has 0 saturated carbocycles. The van der Waals surface area contributed by atoms with Crippen LogP contribution in [0.1, 0.15) is 33.6 Å². The normalized spacial score (nSPS) is 17.4. The van der Waals surface area contributed by atoms with Gasteiger partial charge in [-0.25, -0.2) is 9.59 Å². The third-order valence-electron chi connectivity index (χ3n) is 6.78. The second kappa shape index (κ2) is 11.9. The average molecular weight is 543 g/mol. The molecule has 2 saturated heterocycles. The van der Waals surface area contributed by atoms with Crippen molar-refractivity contribution in [3.8, 4) is 11.5 Å². The van der Waals surface area contributed by atoms with E-state index in [4.69, 9.17) is 28.4 Å². The lowest BCUT2D eigenvalue weighted by Crippen LogP contribution is -2.09. The summed E-state index contributed by atoms with van der Waals surface area (Å²) in [5.74, 6) is 0.895. The number of rotatable bonds is 13. The second-order valence-corrected chi connectivity index (χ2v) is 9.96. The number of carbonyl (C=O) groups excluding carboxylic acids is 2. The van der Waals surface area contributed by atoms with E-state index < -0.39 is 0 Å². The molecule has 2 unspecified atom stereocenters. The summed E-state index contributed by atoms with van der Waals surface area (Å²) in [7, 11) is 0. The monoisotopic (exact) mass is 542 g/mol. The zero-order valence-corrected chi connectivity index (χ0v) is 22.0. The molecule has 2 heterocycles. The standard InChI is InChI=1S/C32H30O8/c33-31(39-19-29-17-37-29)25-5-3-23-15-27(9-7-21(23)13-25)35-11-1-2-12-36-28-10-8-22-14-26(6-4-24(22)16-28)32(34)40-20-30-18-38-30/h3-10,13-16,29-30H,1-2,11-12,17-20H2. The van der Waals surface area contributed by atoms with Gasteiger partial charge in [0.1, 0.15) is 36.9 Å². The van der Waals surface area contributed by atoms with Crippen LogP contribution in [-0.4, -0.2) is 63.8 Å². The van der Waals surface area contributed by atoms with Gasteiger partial charge in [-0.15, -0.1) is 0 Å². The van der Waals surface area contributed by atoms with E-state index in [2.05, 4.69) is 0 Å². The van der Waals surface area contributed by atoms with E-state index in [0.29, 0.717) is 50.8 Å². The second-order valence-electron chi connectivity index (χ2n) is 9.96. The number of fused-ring (bicyclic) bond motifs is 2. The zero-order valence-electron chi connectivity index (χ0n) is 22.0. The number of hydrogen-bond donors (Lipinski definition) is 0. The maximum absolute atomic E-state index is 12.2. The lowest BCUT2D eigenvalue weighted by molar-refractivity contribution is 0.0469. The summed E-state index contributed by atoms with van der Waals surface area (Å²) >= 11 is 0. The van der Waals surface area contributed by atoms with Gasteiger partial charge < -0.3 is 28.4 Å². The lowest BCUT2D eigenvalue weighted by atomic mass is 10.1. The van der Waals surface area contributed by atoms with Crippen molar-refractivity contribution in [1.29, 1.82) is 0 Å². The minimum Gasteiger partial charge on any atom is -0.494 e. The molecule has 0 amide bonds. The van der Waals surface area contributed by atoms with Crippen LogP contribution in [0.3, 0.4) is 0 Å². The van der Waals surface area contributed by atoms with Gasteiger partial charge in [-0.3, -0.25) is 0 Å². The fraction of sp³-hybridized carbons (Fsp3) is 0.312. The van der Waals surface area contributed by atoms with Crippen molar-refractivity contribution in [3.63, 3.8) is 0 Å². The van der Waals surface area contributed by atoms with Crippen molar-refractivity contribution >= 4 is 33.5 Å². The highest BCUT2D eigenvalue weighted by Crippen LogP contribution is 2.25. The Balaban J connectivity index is 0.929. The number of epoxide rings is 2. The Morgan fingerprint density at radius 2 is 1.00 bits per heavy atom. The molecule has 0 aromatic heterocycles. The van der Waals surface area contributed by atoms with E-state index >= 15 is 0 Å². The van der Waals surface area contributed by atoms with Crippen molar-refractivity contribution in [3.05, 3.63) is 83.9 Å². The number of ether oxygens (including phenoxy) is 6. The van der Waals surface area contributed by atoms with Crippen LogP contribution in [-0.2, 0) is 18.9 Å². The first-order valence-electron chi connectivity index (χ1n) is 13.5. The van der Waals surface area contributed by atoms with Crippen molar-refractivity contribution < 1.29 is 38.0 Å². The minimum absolute atomic E-state index is 0.0518. The van der Waals surface area contributed by atoms with Gasteiger partial charge in [0, 0.05) is 0 Å². The van der Waals surface area contributed by atoms with Crippen molar-refractivity contribution in [1.82, 2.24) is 0 Å². The van der Waals surface area contributed by atoms with Crippen LogP contribution in [0.5, 0.6) is 11.5 Å². The summed E-state index contributed by atoms with van der Waals surface area (Å²) in [5.41, 5.74) is 1.05. The van der Waals surface area contributed by atoms with Gasteiger partial charge in [0.15, 0.2) is 0 Å². The first-order chi connectivity index (χ1) is 19.6. The van der Waals surface area contributed by atoms with E-state index in [-0.39, 0.29) is 24.1 Å². The molecular weight excluding hydrogens is 512 g/mol. The molecule has 2 atom stereocenters. The molecule has 6 rings (SSSR count). The smallest absolute Gasteiger partial charge is 0.338 e. The van der Waals surface area contributed by atoms with Crippen molar-refractivity contribution in [2.75, 3.05) is 39.6 Å². The molecular formula is C32H30O8. The van der Waals surface area contributed by atoms with Gasteiger partial charge in [-0.05, 0) is 82.9 Å². The molecule has 40 heavy (non-hydrogen) atoms. The van der Waals surface area contributed by atoms with Crippen molar-refractivity contribution in [2.45, 2.75) is 25.0 Å². The molecule has 0 N–H and O–H groups in total. The summed E-state index contributed by atoms with van der Waals surface area (Å²) in [5, 5.41) is 3.90. The van der Waals surface area contributed by atoms with Gasteiger partial charge >= 0.3 is 11.9 Å². The van der Waals surface area contributed by atoms with Crippen molar-refractivity contribution in [2.24, 2.45) is 0 Å². The number of hydrogen-bond acceptors (Lipinski definition) is 8. The Kier molecular flexibility index (Phi) is 7.79. The molecule has 4 aromatic rings. The Hall–Kier alpha value is -4.14. The molecule has 8 nitrogen and oxygen atoms in total. The minimum atomic E-state index is -0.338. The van der Waals surface area contributed by atoms with Crippen LogP contribution < -0.4 is 9.47 Å². The van der Waals surface area contributed by atoms with Crippen LogP contribution in [0, 0.1) is 0 Å². The number of benzene rings is 4. The number of carbonyl (C=O) groups is 2. The Morgan fingerprint density at radius 3 is 1.43 bits per heavy atom. The molecule has 2 fully saturated rings. The average Bonchev–Trinajstić information content (AvgIpc) is 3.91. The van der Waals surface area contributed by atoms with Gasteiger partial charge in [0.2, 0.25) is 0 Å². The van der Waals surface area contributed by atoms with Gasteiger partial charge in [0.25, 0.3) is 0 Å². The molecule has 4 aromatic carbocycles. The Morgan fingerprint density at radius 1 is 0.600 bits per heavy atom. The zero-order chi connectivity index (χ0) is 27.3. The van der Waals surface area contributed by atoms with Gasteiger partial charge in [0.05, 0.1) is 37.6 Å². The number of esters is 2. The Bertz CT molecular complexity index is 1410. The Labute approximate surface area is 231 Å². The van der Waals surface area contributed by atoms with Crippen LogP contribution in [0.15, 0.2) is 72.8 Å². The summed E-state index contributed by atoms with van der Waals surface area (Å²) in [6, 6.07) is 22.7. The first kappa shape index (κ1) is 26.1. The highest BCUT2D eigenvalue weighted by atomic mass is 16.6. The third-order valence-corrected chi connectivity index (χ3v) is 6.78. The van der Waals surface area contributed by atoms with Crippen LogP contribution in [0.2, 0.25) is 0 Å². The molecule has 206 valence electrons. The largest absolute Gasteiger partial charge is 0.494 e.